The van der Waals surface area contributed by atoms with Gasteiger partial charge in [-0.25, -0.2) is 4.79 Å². The summed E-state index contributed by atoms with van der Waals surface area (Å²) in [6, 6.07) is 13.8. The summed E-state index contributed by atoms with van der Waals surface area (Å²) in [5, 5.41) is 0. The number of anilines is 1. The molecule has 1 fully saturated rings. The number of fused-ring (bicyclic) bond motifs is 2. The molecular formula is C30H30N8O2. The number of nitrogens with two attached hydrogens (primary N) is 1. The monoisotopic (exact) mass is 534 g/mol. The SMILES string of the molecule is CC#CCn1c(N2CCCC(N)C2)nc2c1c(=O)n(Cc1cc(-c3ccccc3)c3nccnc3c1)c(=O)n2C. The summed E-state index contributed by atoms with van der Waals surface area (Å²) in [7, 11) is 1.65. The second-order valence-corrected chi connectivity index (χ2v) is 10.1. The summed E-state index contributed by atoms with van der Waals surface area (Å²) in [6.07, 6.45) is 5.18. The zero-order valence-electron chi connectivity index (χ0n) is 22.5. The summed E-state index contributed by atoms with van der Waals surface area (Å²) in [6.45, 7) is 3.52. The Hall–Kier alpha value is -4.75. The van der Waals surface area contributed by atoms with Crippen LogP contribution in [0.3, 0.4) is 0 Å². The maximum Gasteiger partial charge on any atom is 0.332 e. The van der Waals surface area contributed by atoms with Gasteiger partial charge >= 0.3 is 5.69 Å². The third kappa shape index (κ3) is 4.44. The highest BCUT2D eigenvalue weighted by Gasteiger charge is 2.26. The highest BCUT2D eigenvalue weighted by Crippen LogP contribution is 2.28. The van der Waals surface area contributed by atoms with E-state index in [4.69, 9.17) is 10.7 Å². The highest BCUT2D eigenvalue weighted by atomic mass is 16.2. The number of hydrogen-bond donors (Lipinski definition) is 1. The van der Waals surface area contributed by atoms with Crippen LogP contribution in [0.4, 0.5) is 5.95 Å². The fraction of sp³-hybridized carbons (Fsp3) is 0.300. The first-order valence-corrected chi connectivity index (χ1v) is 13.4. The Balaban J connectivity index is 1.53. The Bertz CT molecular complexity index is 1910. The van der Waals surface area contributed by atoms with Gasteiger partial charge in [0.25, 0.3) is 5.56 Å². The van der Waals surface area contributed by atoms with Crippen LogP contribution in [0, 0.1) is 11.8 Å². The Morgan fingerprint density at radius 1 is 1.07 bits per heavy atom. The average Bonchev–Trinajstić information content (AvgIpc) is 3.37. The molecule has 6 rings (SSSR count). The fourth-order valence-electron chi connectivity index (χ4n) is 5.49. The zero-order valence-corrected chi connectivity index (χ0v) is 22.5. The van der Waals surface area contributed by atoms with Gasteiger partial charge in [-0.15, -0.1) is 5.92 Å². The zero-order chi connectivity index (χ0) is 27.8. The van der Waals surface area contributed by atoms with Gasteiger partial charge in [0.1, 0.15) is 0 Å². The van der Waals surface area contributed by atoms with E-state index >= 15 is 0 Å². The second kappa shape index (κ2) is 10.4. The van der Waals surface area contributed by atoms with Crippen LogP contribution in [0.15, 0.2) is 64.4 Å². The van der Waals surface area contributed by atoms with Crippen molar-refractivity contribution in [1.29, 1.82) is 0 Å². The molecule has 0 aliphatic carbocycles. The Labute approximate surface area is 230 Å². The number of aromatic nitrogens is 6. The van der Waals surface area contributed by atoms with Gasteiger partial charge in [0.15, 0.2) is 11.2 Å². The quantitative estimate of drug-likeness (QED) is 0.344. The first-order chi connectivity index (χ1) is 19.5. The topological polar surface area (TPSA) is 117 Å². The summed E-state index contributed by atoms with van der Waals surface area (Å²) in [5.74, 6) is 6.61. The predicted octanol–water partition coefficient (Wildman–Crippen LogP) is 2.51. The van der Waals surface area contributed by atoms with Crippen molar-refractivity contribution in [2.45, 2.75) is 38.9 Å². The van der Waals surface area contributed by atoms with Gasteiger partial charge in [0.05, 0.1) is 24.1 Å². The van der Waals surface area contributed by atoms with E-state index in [9.17, 15) is 9.59 Å². The molecule has 3 aromatic heterocycles. The smallest absolute Gasteiger partial charge is 0.332 e. The van der Waals surface area contributed by atoms with Crippen LogP contribution in [0.2, 0.25) is 0 Å². The van der Waals surface area contributed by atoms with Crippen LogP contribution >= 0.6 is 0 Å². The van der Waals surface area contributed by atoms with Crippen molar-refractivity contribution < 1.29 is 0 Å². The van der Waals surface area contributed by atoms with E-state index in [1.54, 1.807) is 26.4 Å². The van der Waals surface area contributed by atoms with E-state index < -0.39 is 11.2 Å². The molecule has 1 aliphatic rings. The van der Waals surface area contributed by atoms with Crippen LogP contribution < -0.4 is 21.9 Å². The third-order valence-corrected chi connectivity index (χ3v) is 7.43. The van der Waals surface area contributed by atoms with Crippen LogP contribution in [-0.4, -0.2) is 47.8 Å². The molecule has 1 atom stereocenters. The van der Waals surface area contributed by atoms with E-state index in [0.717, 1.165) is 41.6 Å². The average molecular weight is 535 g/mol. The van der Waals surface area contributed by atoms with Gasteiger partial charge in [-0.1, -0.05) is 36.3 Å². The molecule has 1 unspecified atom stereocenters. The normalized spacial score (nSPS) is 15.4. The molecule has 1 aliphatic heterocycles. The van der Waals surface area contributed by atoms with Gasteiger partial charge in [-0.3, -0.25) is 28.5 Å². The third-order valence-electron chi connectivity index (χ3n) is 7.43. The van der Waals surface area contributed by atoms with E-state index in [-0.39, 0.29) is 19.1 Å². The first-order valence-electron chi connectivity index (χ1n) is 13.4. The molecule has 0 saturated carbocycles. The minimum absolute atomic E-state index is 0.0227. The van der Waals surface area contributed by atoms with Crippen molar-refractivity contribution in [2.24, 2.45) is 12.8 Å². The molecule has 40 heavy (non-hydrogen) atoms. The van der Waals surface area contributed by atoms with Gasteiger partial charge in [0.2, 0.25) is 5.95 Å². The summed E-state index contributed by atoms with van der Waals surface area (Å²) < 4.78 is 4.53. The summed E-state index contributed by atoms with van der Waals surface area (Å²) in [5.41, 5.74) is 10.2. The molecule has 10 heteroatoms. The van der Waals surface area contributed by atoms with Crippen LogP contribution in [0.1, 0.15) is 25.3 Å². The molecule has 2 N–H and O–H groups in total. The fourth-order valence-corrected chi connectivity index (χ4v) is 5.49. The molecule has 2 aromatic carbocycles. The maximum atomic E-state index is 14.0. The van der Waals surface area contributed by atoms with E-state index in [2.05, 4.69) is 26.7 Å². The number of piperidine rings is 1. The van der Waals surface area contributed by atoms with E-state index in [1.807, 2.05) is 47.0 Å². The minimum atomic E-state index is -0.439. The molecule has 5 aromatic rings. The van der Waals surface area contributed by atoms with Crippen molar-refractivity contribution in [3.8, 4) is 23.0 Å². The van der Waals surface area contributed by atoms with Gasteiger partial charge in [-0.05, 0) is 43.0 Å². The van der Waals surface area contributed by atoms with Crippen LogP contribution in [0.25, 0.3) is 33.3 Å². The summed E-state index contributed by atoms with van der Waals surface area (Å²) >= 11 is 0. The van der Waals surface area contributed by atoms with Crippen molar-refractivity contribution in [2.75, 3.05) is 18.0 Å². The Kier molecular flexibility index (Phi) is 6.66. The Morgan fingerprint density at radius 2 is 1.88 bits per heavy atom. The molecule has 0 spiro atoms. The molecular weight excluding hydrogens is 504 g/mol. The number of nitrogens with zero attached hydrogens (tertiary/aromatic N) is 7. The van der Waals surface area contributed by atoms with Crippen molar-refractivity contribution in [3.63, 3.8) is 0 Å². The van der Waals surface area contributed by atoms with Crippen LogP contribution in [-0.2, 0) is 20.1 Å². The standard InChI is InChI=1S/C30H30N8O2/c1-3-4-15-37-26-27(34-29(37)36-14-8-11-22(31)19-36)35(2)30(40)38(28(26)39)18-20-16-23(21-9-6-5-7-10-21)25-24(17-20)32-12-13-33-25/h5-7,9-10,12-13,16-17,22H,8,11,14-15,18-19,31H2,1-2H3. The molecule has 10 nitrogen and oxygen atoms in total. The number of imidazole rings is 1. The number of rotatable bonds is 5. The van der Waals surface area contributed by atoms with Gasteiger partial charge < -0.3 is 10.6 Å². The Morgan fingerprint density at radius 3 is 2.65 bits per heavy atom. The van der Waals surface area contributed by atoms with Crippen molar-refractivity contribution >= 4 is 28.1 Å². The minimum Gasteiger partial charge on any atom is -0.341 e. The second-order valence-electron chi connectivity index (χ2n) is 10.1. The lowest BCUT2D eigenvalue weighted by Crippen LogP contribution is -2.44. The number of aryl methyl sites for hydroxylation is 1. The highest BCUT2D eigenvalue weighted by molar-refractivity contribution is 5.92. The van der Waals surface area contributed by atoms with Gasteiger partial charge in [0, 0.05) is 44.1 Å². The molecule has 0 radical (unpaired) electrons. The number of hydrogen-bond acceptors (Lipinski definition) is 7. The first kappa shape index (κ1) is 25.5. The number of benzene rings is 2. The molecule has 1 saturated heterocycles. The molecule has 0 amide bonds. The van der Waals surface area contributed by atoms with Crippen LogP contribution in [0.5, 0.6) is 0 Å². The lowest BCUT2D eigenvalue weighted by Gasteiger charge is -2.31. The lowest BCUT2D eigenvalue weighted by molar-refractivity contribution is 0.496. The molecule has 4 heterocycles. The predicted molar refractivity (Wildman–Crippen MR) is 156 cm³/mol. The summed E-state index contributed by atoms with van der Waals surface area (Å²) in [4.78, 5) is 43.6. The van der Waals surface area contributed by atoms with Gasteiger partial charge in [-0.2, -0.15) is 4.98 Å². The lowest BCUT2D eigenvalue weighted by atomic mass is 10.0. The van der Waals surface area contributed by atoms with Crippen molar-refractivity contribution in [1.82, 2.24) is 28.7 Å². The van der Waals surface area contributed by atoms with Crippen molar-refractivity contribution in [3.05, 3.63) is 81.3 Å². The van der Waals surface area contributed by atoms with E-state index in [1.165, 1.54) is 9.13 Å². The molecule has 202 valence electrons. The maximum absolute atomic E-state index is 14.0. The largest absolute Gasteiger partial charge is 0.341 e. The van der Waals surface area contributed by atoms with E-state index in [0.29, 0.717) is 29.2 Å². The molecule has 0 bridgehead atoms.